The van der Waals surface area contributed by atoms with Gasteiger partial charge in [-0.05, 0) is 26.2 Å². The molecular weight excluding hydrogens is 400 g/mol. The van der Waals surface area contributed by atoms with Crippen LogP contribution in [0.25, 0.3) is 0 Å². The lowest BCUT2D eigenvalue weighted by atomic mass is 9.77. The molecule has 0 fully saturated rings. The first-order valence-corrected chi connectivity index (χ1v) is 13.4. The van der Waals surface area contributed by atoms with E-state index in [0.717, 1.165) is 12.8 Å². The van der Waals surface area contributed by atoms with Gasteiger partial charge in [0.2, 0.25) is 20.0 Å². The summed E-state index contributed by atoms with van der Waals surface area (Å²) in [5.41, 5.74) is -1.47. The standard InChI is InChI=1S/C19H42N2O5S2/c1-9-12-15(18(5,6)14(4)27(20,22)23)26-16(13-10-2)19(7,8)17(11-3)28(21,24)25/h14-17H,9-13H2,1-8H3,(H2,20,22,23)(H2,21,24,25). The van der Waals surface area contributed by atoms with Gasteiger partial charge in [0.1, 0.15) is 0 Å². The summed E-state index contributed by atoms with van der Waals surface area (Å²) in [5, 5.41) is 9.38. The molecule has 0 aromatic rings. The third-order valence-corrected chi connectivity index (χ3v) is 9.55. The fourth-order valence-electron chi connectivity index (χ4n) is 4.03. The largest absolute Gasteiger partial charge is 0.374 e. The number of nitrogens with two attached hydrogens (primary N) is 2. The van der Waals surface area contributed by atoms with Gasteiger partial charge in [0.15, 0.2) is 0 Å². The average molecular weight is 443 g/mol. The second kappa shape index (κ2) is 10.2. The minimum Gasteiger partial charge on any atom is -0.374 e. The van der Waals surface area contributed by atoms with E-state index in [2.05, 4.69) is 0 Å². The summed E-state index contributed by atoms with van der Waals surface area (Å²) in [6.45, 7) is 14.8. The molecule has 0 aromatic heterocycles. The zero-order chi connectivity index (χ0) is 22.6. The molecule has 4 N–H and O–H groups in total. The van der Waals surface area contributed by atoms with Crippen molar-refractivity contribution in [2.75, 3.05) is 0 Å². The molecule has 0 aromatic carbocycles. The second-order valence-electron chi connectivity index (χ2n) is 9.05. The van der Waals surface area contributed by atoms with E-state index in [9.17, 15) is 16.8 Å². The fourth-order valence-corrected chi connectivity index (χ4v) is 6.49. The molecule has 4 unspecified atom stereocenters. The number of ether oxygens (including phenoxy) is 1. The van der Waals surface area contributed by atoms with Crippen LogP contribution < -0.4 is 10.3 Å². The molecular formula is C19H42N2O5S2. The van der Waals surface area contributed by atoms with Crippen molar-refractivity contribution in [3.8, 4) is 0 Å². The topological polar surface area (TPSA) is 130 Å². The molecule has 0 rings (SSSR count). The van der Waals surface area contributed by atoms with E-state index in [4.69, 9.17) is 15.0 Å². The maximum absolute atomic E-state index is 12.2. The van der Waals surface area contributed by atoms with E-state index in [1.54, 1.807) is 13.8 Å². The minimum atomic E-state index is -3.76. The molecule has 0 spiro atoms. The monoisotopic (exact) mass is 442 g/mol. The van der Waals surface area contributed by atoms with Gasteiger partial charge in [0, 0.05) is 10.8 Å². The summed E-state index contributed by atoms with van der Waals surface area (Å²) in [6, 6.07) is 0. The summed E-state index contributed by atoms with van der Waals surface area (Å²) in [7, 11) is -7.50. The van der Waals surface area contributed by atoms with Crippen molar-refractivity contribution in [2.45, 2.75) is 110 Å². The number of hydrogen-bond donors (Lipinski definition) is 2. The maximum Gasteiger partial charge on any atom is 0.212 e. The summed E-state index contributed by atoms with van der Waals surface area (Å²) < 4.78 is 54.9. The summed E-state index contributed by atoms with van der Waals surface area (Å²) in [4.78, 5) is 0. The van der Waals surface area contributed by atoms with E-state index in [0.29, 0.717) is 19.3 Å². The lowest BCUT2D eigenvalue weighted by Gasteiger charge is -2.45. The molecule has 0 bridgehead atoms. The minimum absolute atomic E-state index is 0.380. The Hall–Kier alpha value is -0.220. The molecule has 28 heavy (non-hydrogen) atoms. The smallest absolute Gasteiger partial charge is 0.212 e. The molecule has 0 aliphatic rings. The Morgan fingerprint density at radius 3 is 1.46 bits per heavy atom. The molecule has 7 nitrogen and oxygen atoms in total. The highest BCUT2D eigenvalue weighted by atomic mass is 32.2. The van der Waals surface area contributed by atoms with Crippen molar-refractivity contribution >= 4 is 20.0 Å². The van der Waals surface area contributed by atoms with Gasteiger partial charge >= 0.3 is 0 Å². The number of hydrogen-bond acceptors (Lipinski definition) is 5. The quantitative estimate of drug-likeness (QED) is 0.452. The Bertz CT molecular complexity index is 687. The van der Waals surface area contributed by atoms with E-state index in [1.165, 1.54) is 0 Å². The van der Waals surface area contributed by atoms with Gasteiger partial charge in [-0.2, -0.15) is 0 Å². The number of rotatable bonds is 13. The van der Waals surface area contributed by atoms with Gasteiger partial charge in [0.05, 0.1) is 22.7 Å². The van der Waals surface area contributed by atoms with Crippen LogP contribution in [0.2, 0.25) is 0 Å². The third-order valence-electron chi connectivity index (χ3n) is 6.23. The van der Waals surface area contributed by atoms with Crippen molar-refractivity contribution in [1.29, 1.82) is 0 Å². The van der Waals surface area contributed by atoms with Gasteiger partial charge in [-0.1, -0.05) is 61.3 Å². The Balaban J connectivity index is 6.08. The molecule has 170 valence electrons. The molecule has 0 saturated carbocycles. The summed E-state index contributed by atoms with van der Waals surface area (Å²) >= 11 is 0. The Morgan fingerprint density at radius 1 is 0.786 bits per heavy atom. The van der Waals surface area contributed by atoms with Crippen molar-refractivity contribution in [3.05, 3.63) is 0 Å². The van der Waals surface area contributed by atoms with Crippen molar-refractivity contribution in [1.82, 2.24) is 0 Å². The zero-order valence-electron chi connectivity index (χ0n) is 18.9. The SMILES string of the molecule is CCCC(OC(CCC)C(C)(C)C(CC)S(N)(=O)=O)C(C)(C)C(C)S(N)(=O)=O. The number of sulfonamides is 2. The first-order valence-electron chi connectivity index (χ1n) is 10.2. The average Bonchev–Trinajstić information content (AvgIpc) is 2.50. The van der Waals surface area contributed by atoms with E-state index >= 15 is 0 Å². The normalized spacial score (nSPS) is 18.5. The fraction of sp³-hybridized carbons (Fsp3) is 1.00. The molecule has 0 heterocycles. The zero-order valence-corrected chi connectivity index (χ0v) is 20.5. The van der Waals surface area contributed by atoms with Crippen LogP contribution in [0, 0.1) is 10.8 Å². The van der Waals surface area contributed by atoms with E-state index in [1.807, 2.05) is 41.5 Å². The van der Waals surface area contributed by atoms with Gasteiger partial charge < -0.3 is 4.74 Å². The summed E-state index contributed by atoms with van der Waals surface area (Å²) in [6.07, 6.45) is 2.51. The van der Waals surface area contributed by atoms with Crippen LogP contribution in [0.15, 0.2) is 0 Å². The molecule has 0 amide bonds. The Labute approximate surface area is 173 Å². The molecule has 0 aliphatic carbocycles. The van der Waals surface area contributed by atoms with Crippen LogP contribution in [-0.2, 0) is 24.8 Å². The van der Waals surface area contributed by atoms with Crippen LogP contribution in [0.1, 0.15) is 87.5 Å². The molecule has 4 atom stereocenters. The van der Waals surface area contributed by atoms with E-state index < -0.39 is 41.4 Å². The molecule has 9 heteroatoms. The van der Waals surface area contributed by atoms with Gasteiger partial charge in [0.25, 0.3) is 0 Å². The third kappa shape index (κ3) is 6.93. The molecule has 0 aliphatic heterocycles. The van der Waals surface area contributed by atoms with Gasteiger partial charge in [-0.15, -0.1) is 0 Å². The second-order valence-corrected chi connectivity index (χ2v) is 12.7. The van der Waals surface area contributed by atoms with Gasteiger partial charge in [-0.25, -0.2) is 27.1 Å². The van der Waals surface area contributed by atoms with E-state index in [-0.39, 0.29) is 12.2 Å². The Morgan fingerprint density at radius 2 is 1.18 bits per heavy atom. The predicted octanol–water partition coefficient (Wildman–Crippen LogP) is 3.14. The van der Waals surface area contributed by atoms with Gasteiger partial charge in [-0.3, -0.25) is 0 Å². The van der Waals surface area contributed by atoms with Crippen LogP contribution in [0.5, 0.6) is 0 Å². The molecule has 0 saturated heterocycles. The first kappa shape index (κ1) is 27.8. The first-order chi connectivity index (χ1) is 12.5. The highest BCUT2D eigenvalue weighted by Gasteiger charge is 2.47. The predicted molar refractivity (Wildman–Crippen MR) is 116 cm³/mol. The van der Waals surface area contributed by atoms with Crippen LogP contribution in [0.4, 0.5) is 0 Å². The molecule has 0 radical (unpaired) electrons. The van der Waals surface area contributed by atoms with Crippen LogP contribution in [-0.4, -0.2) is 39.5 Å². The highest BCUT2D eigenvalue weighted by molar-refractivity contribution is 7.90. The van der Waals surface area contributed by atoms with Crippen molar-refractivity contribution in [2.24, 2.45) is 21.1 Å². The highest BCUT2D eigenvalue weighted by Crippen LogP contribution is 2.41. The van der Waals surface area contributed by atoms with Crippen molar-refractivity contribution < 1.29 is 21.6 Å². The Kier molecular flexibility index (Phi) is 10.1. The lowest BCUT2D eigenvalue weighted by molar-refractivity contribution is -0.121. The number of primary sulfonamides is 2. The van der Waals surface area contributed by atoms with Crippen LogP contribution in [0.3, 0.4) is 0 Å². The lowest BCUT2D eigenvalue weighted by Crippen LogP contribution is -2.52. The maximum atomic E-state index is 12.2. The summed E-state index contributed by atoms with van der Waals surface area (Å²) in [5.74, 6) is 0. The van der Waals surface area contributed by atoms with Crippen molar-refractivity contribution in [3.63, 3.8) is 0 Å². The van der Waals surface area contributed by atoms with Crippen LogP contribution >= 0.6 is 0 Å².